The standard InChI is InChI=1S/C21H21ClN4/c1-23-18-6-5-16-13-21(7-9-24-10-8-21)20(26-19(16)12-18)25-14-15-3-2-4-17(22)11-15/h2-6,11-12,24H,7-10,13-14H2,(H,25,26). The molecule has 2 N–H and O–H groups in total. The first-order valence-corrected chi connectivity index (χ1v) is 9.34. The zero-order valence-electron chi connectivity index (χ0n) is 14.6. The van der Waals surface area contributed by atoms with E-state index in [-0.39, 0.29) is 5.41 Å². The number of nitrogens with zero attached hydrogens (tertiary/aromatic N) is 2. The molecule has 132 valence electrons. The van der Waals surface area contributed by atoms with E-state index in [2.05, 4.69) is 27.6 Å². The van der Waals surface area contributed by atoms with Crippen LogP contribution in [0.2, 0.25) is 5.02 Å². The molecule has 0 saturated carbocycles. The third-order valence-corrected chi connectivity index (χ3v) is 5.61. The van der Waals surface area contributed by atoms with Gasteiger partial charge in [-0.25, -0.2) is 4.85 Å². The summed E-state index contributed by atoms with van der Waals surface area (Å²) in [6.45, 7) is 9.88. The molecule has 1 spiro atoms. The van der Waals surface area contributed by atoms with Gasteiger partial charge in [0, 0.05) is 16.1 Å². The fraction of sp³-hybridized carbons (Fsp3) is 0.333. The highest BCUT2D eigenvalue weighted by atomic mass is 35.5. The maximum atomic E-state index is 7.26. The van der Waals surface area contributed by atoms with Crippen LogP contribution in [-0.2, 0) is 13.0 Å². The van der Waals surface area contributed by atoms with Crippen LogP contribution < -0.4 is 10.6 Å². The van der Waals surface area contributed by atoms with E-state index in [4.69, 9.17) is 23.2 Å². The first kappa shape index (κ1) is 17.1. The Morgan fingerprint density at radius 3 is 2.77 bits per heavy atom. The predicted octanol–water partition coefficient (Wildman–Crippen LogP) is 4.83. The van der Waals surface area contributed by atoms with E-state index < -0.39 is 0 Å². The van der Waals surface area contributed by atoms with Crippen LogP contribution in [0.1, 0.15) is 24.0 Å². The van der Waals surface area contributed by atoms with Gasteiger partial charge in [-0.3, -0.25) is 4.99 Å². The van der Waals surface area contributed by atoms with Crippen LogP contribution in [0.15, 0.2) is 47.5 Å². The second-order valence-electron chi connectivity index (χ2n) is 7.08. The largest absolute Gasteiger partial charge is 0.344 e. The summed E-state index contributed by atoms with van der Waals surface area (Å²) in [6, 6.07) is 13.8. The molecule has 2 aromatic rings. The topological polar surface area (TPSA) is 40.8 Å². The molecule has 0 amide bonds. The lowest BCUT2D eigenvalue weighted by molar-refractivity contribution is 0.293. The van der Waals surface area contributed by atoms with Crippen molar-refractivity contribution in [1.29, 1.82) is 0 Å². The summed E-state index contributed by atoms with van der Waals surface area (Å²) in [5.74, 6) is 1.05. The van der Waals surface area contributed by atoms with E-state index in [1.54, 1.807) is 0 Å². The number of benzene rings is 2. The lowest BCUT2D eigenvalue weighted by Gasteiger charge is -2.43. The molecule has 2 aliphatic rings. The van der Waals surface area contributed by atoms with Crippen LogP contribution in [0.3, 0.4) is 0 Å². The first-order chi connectivity index (χ1) is 12.7. The number of nitrogens with one attached hydrogen (secondary N) is 2. The number of halogens is 1. The Bertz CT molecular complexity index is 891. The number of piperidine rings is 1. The lowest BCUT2D eigenvalue weighted by atomic mass is 9.71. The molecular weight excluding hydrogens is 344 g/mol. The Labute approximate surface area is 159 Å². The van der Waals surface area contributed by atoms with Crippen LogP contribution in [-0.4, -0.2) is 18.9 Å². The van der Waals surface area contributed by atoms with E-state index >= 15 is 0 Å². The van der Waals surface area contributed by atoms with Gasteiger partial charge >= 0.3 is 0 Å². The summed E-state index contributed by atoms with van der Waals surface area (Å²) < 4.78 is 0. The van der Waals surface area contributed by atoms with Crippen molar-refractivity contribution in [2.45, 2.75) is 25.8 Å². The molecule has 26 heavy (non-hydrogen) atoms. The third kappa shape index (κ3) is 3.33. The predicted molar refractivity (Wildman–Crippen MR) is 107 cm³/mol. The van der Waals surface area contributed by atoms with Gasteiger partial charge < -0.3 is 10.6 Å². The van der Waals surface area contributed by atoms with Crippen molar-refractivity contribution in [3.05, 3.63) is 70.0 Å². The molecule has 4 nitrogen and oxygen atoms in total. The first-order valence-electron chi connectivity index (χ1n) is 8.96. The molecule has 0 radical (unpaired) electrons. The molecule has 4 rings (SSSR count). The minimum atomic E-state index is 0.0520. The fourth-order valence-electron chi connectivity index (χ4n) is 3.94. The summed E-state index contributed by atoms with van der Waals surface area (Å²) in [4.78, 5) is 8.52. The highest BCUT2D eigenvalue weighted by Crippen LogP contribution is 2.42. The summed E-state index contributed by atoms with van der Waals surface area (Å²) in [5.41, 5.74) is 4.12. The van der Waals surface area contributed by atoms with E-state index in [0.29, 0.717) is 12.2 Å². The number of hydrogen-bond acceptors (Lipinski definition) is 2. The van der Waals surface area contributed by atoms with E-state index in [1.165, 1.54) is 5.56 Å². The van der Waals surface area contributed by atoms with Crippen LogP contribution in [0.5, 0.6) is 0 Å². The molecule has 0 aliphatic carbocycles. The van der Waals surface area contributed by atoms with Crippen molar-refractivity contribution >= 4 is 28.8 Å². The van der Waals surface area contributed by atoms with Crippen molar-refractivity contribution in [2.24, 2.45) is 10.4 Å². The maximum absolute atomic E-state index is 7.26. The van der Waals surface area contributed by atoms with Crippen molar-refractivity contribution in [3.63, 3.8) is 0 Å². The fourth-order valence-corrected chi connectivity index (χ4v) is 4.16. The third-order valence-electron chi connectivity index (χ3n) is 5.38. The second-order valence-corrected chi connectivity index (χ2v) is 7.52. The minimum Gasteiger partial charge on any atom is -0.344 e. The van der Waals surface area contributed by atoms with Crippen LogP contribution in [0.4, 0.5) is 11.4 Å². The van der Waals surface area contributed by atoms with Gasteiger partial charge in [0.1, 0.15) is 5.84 Å². The number of rotatable bonds is 2. The molecule has 0 unspecified atom stereocenters. The summed E-state index contributed by atoms with van der Waals surface area (Å²) >= 11 is 6.11. The van der Waals surface area contributed by atoms with Crippen molar-refractivity contribution in [2.75, 3.05) is 18.4 Å². The summed E-state index contributed by atoms with van der Waals surface area (Å²) in [7, 11) is 0. The monoisotopic (exact) mass is 364 g/mol. The molecule has 2 heterocycles. The van der Waals surface area contributed by atoms with Crippen molar-refractivity contribution < 1.29 is 0 Å². The molecule has 0 aromatic heterocycles. The molecule has 2 aromatic carbocycles. The Hall–Kier alpha value is -2.35. The van der Waals surface area contributed by atoms with Gasteiger partial charge in [0.05, 0.1) is 13.1 Å². The van der Waals surface area contributed by atoms with Gasteiger partial charge in [0.15, 0.2) is 5.69 Å². The quantitative estimate of drug-likeness (QED) is 0.749. The number of anilines is 1. The molecule has 1 saturated heterocycles. The Balaban J connectivity index is 1.69. The van der Waals surface area contributed by atoms with Gasteiger partial charge in [-0.05, 0) is 61.7 Å². The highest BCUT2D eigenvalue weighted by molar-refractivity contribution is 6.30. The Morgan fingerprint density at radius 1 is 1.15 bits per heavy atom. The van der Waals surface area contributed by atoms with Crippen molar-refractivity contribution in [1.82, 2.24) is 5.32 Å². The summed E-state index contributed by atoms with van der Waals surface area (Å²) in [6.07, 6.45) is 3.11. The van der Waals surface area contributed by atoms with Crippen molar-refractivity contribution in [3.8, 4) is 0 Å². The van der Waals surface area contributed by atoms with Crippen LogP contribution >= 0.6 is 11.6 Å². The van der Waals surface area contributed by atoms with E-state index in [9.17, 15) is 0 Å². The van der Waals surface area contributed by atoms with Gasteiger partial charge in [0.2, 0.25) is 0 Å². The number of hydrogen-bond donors (Lipinski definition) is 2. The minimum absolute atomic E-state index is 0.0520. The number of amidine groups is 1. The molecule has 0 atom stereocenters. The second kappa shape index (κ2) is 7.11. The normalized spacial score (nSPS) is 19.6. The zero-order chi connectivity index (χ0) is 18.0. The SMILES string of the molecule is [C-]#[N+]c1ccc2c(c1)NC(=NCc1cccc(Cl)c1)C1(CCNCC1)C2. The van der Waals surface area contributed by atoms with E-state index in [1.807, 2.05) is 30.3 Å². The average Bonchev–Trinajstić information content (AvgIpc) is 2.67. The van der Waals surface area contributed by atoms with Crippen LogP contribution in [0, 0.1) is 12.0 Å². The van der Waals surface area contributed by atoms with Gasteiger partial charge in [-0.1, -0.05) is 35.9 Å². The number of fused-ring (bicyclic) bond motifs is 1. The highest BCUT2D eigenvalue weighted by Gasteiger charge is 2.41. The average molecular weight is 365 g/mol. The Kier molecular flexibility index (Phi) is 4.67. The molecule has 0 bridgehead atoms. The smallest absolute Gasteiger partial charge is 0.189 e. The van der Waals surface area contributed by atoms with Gasteiger partial charge in [-0.15, -0.1) is 0 Å². The van der Waals surface area contributed by atoms with Crippen LogP contribution in [0.25, 0.3) is 4.85 Å². The van der Waals surface area contributed by atoms with Gasteiger partial charge in [0.25, 0.3) is 0 Å². The molecule has 5 heteroatoms. The lowest BCUT2D eigenvalue weighted by Crippen LogP contribution is -2.48. The molecule has 2 aliphatic heterocycles. The zero-order valence-corrected chi connectivity index (χ0v) is 15.3. The number of aliphatic imine (C=N–C) groups is 1. The maximum Gasteiger partial charge on any atom is 0.189 e. The summed E-state index contributed by atoms with van der Waals surface area (Å²) in [5, 5.41) is 7.76. The molecule has 1 fully saturated rings. The van der Waals surface area contributed by atoms with E-state index in [0.717, 1.165) is 54.5 Å². The Morgan fingerprint density at radius 2 is 2.00 bits per heavy atom. The molecular formula is C21H21ClN4. The van der Waals surface area contributed by atoms with Gasteiger partial charge in [-0.2, -0.15) is 0 Å².